The average molecular weight is 404 g/mol. The molecule has 0 heterocycles. The fourth-order valence-electron chi connectivity index (χ4n) is 2.51. The highest BCUT2D eigenvalue weighted by Gasteiger charge is 2.28. The minimum absolute atomic E-state index is 0.108. The second-order valence-electron chi connectivity index (χ2n) is 6.90. The Morgan fingerprint density at radius 1 is 0.857 bits per heavy atom. The van der Waals surface area contributed by atoms with Crippen molar-refractivity contribution in [3.63, 3.8) is 0 Å². The summed E-state index contributed by atoms with van der Waals surface area (Å²) >= 11 is 0. The number of benzene rings is 2. The first-order chi connectivity index (χ1) is 13.1. The molecule has 0 radical (unpaired) electrons. The molecule has 0 spiro atoms. The first-order valence-electron chi connectivity index (χ1n) is 8.86. The standard InChI is InChI=1S/C20H25N3O4S/c1-13(2)19(23-28(26,27)18-11-5-14(3)6-12-18)20(25)22-17-9-7-16(8-10-17)21-15(4)24/h5-13,19,23H,1-4H3,(H,21,24)(H,22,25)/t19-/m0/s1. The van der Waals surface area contributed by atoms with Gasteiger partial charge in [0, 0.05) is 18.3 Å². The summed E-state index contributed by atoms with van der Waals surface area (Å²) in [5, 5.41) is 5.34. The maximum atomic E-state index is 12.7. The minimum atomic E-state index is -3.84. The van der Waals surface area contributed by atoms with Crippen molar-refractivity contribution in [3.8, 4) is 0 Å². The lowest BCUT2D eigenvalue weighted by Crippen LogP contribution is -2.47. The van der Waals surface area contributed by atoms with Crippen LogP contribution in [-0.4, -0.2) is 26.3 Å². The molecular formula is C20H25N3O4S. The van der Waals surface area contributed by atoms with E-state index in [4.69, 9.17) is 0 Å². The van der Waals surface area contributed by atoms with Crippen LogP contribution in [-0.2, 0) is 19.6 Å². The lowest BCUT2D eigenvalue weighted by molar-refractivity contribution is -0.118. The molecule has 28 heavy (non-hydrogen) atoms. The zero-order valence-corrected chi connectivity index (χ0v) is 17.1. The Morgan fingerprint density at radius 2 is 1.36 bits per heavy atom. The van der Waals surface area contributed by atoms with E-state index in [1.807, 2.05) is 6.92 Å². The summed E-state index contributed by atoms with van der Waals surface area (Å²) in [7, 11) is -3.84. The molecule has 1 atom stereocenters. The SMILES string of the molecule is CC(=O)Nc1ccc(NC(=O)[C@@H](NS(=O)(=O)c2ccc(C)cc2)C(C)C)cc1. The molecule has 0 fully saturated rings. The maximum absolute atomic E-state index is 12.7. The average Bonchev–Trinajstić information content (AvgIpc) is 2.61. The fraction of sp³-hybridized carbons (Fsp3) is 0.300. The normalized spacial score (nSPS) is 12.5. The summed E-state index contributed by atoms with van der Waals surface area (Å²) in [6.07, 6.45) is 0. The lowest BCUT2D eigenvalue weighted by Gasteiger charge is -2.22. The van der Waals surface area contributed by atoms with Crippen LogP contribution in [0.1, 0.15) is 26.3 Å². The molecule has 7 nitrogen and oxygen atoms in total. The van der Waals surface area contributed by atoms with Gasteiger partial charge in [0.1, 0.15) is 6.04 Å². The Kier molecular flexibility index (Phi) is 6.93. The van der Waals surface area contributed by atoms with Crippen LogP contribution in [0.3, 0.4) is 0 Å². The summed E-state index contributed by atoms with van der Waals surface area (Å²) in [5.41, 5.74) is 2.05. The van der Waals surface area contributed by atoms with Crippen LogP contribution in [0.2, 0.25) is 0 Å². The zero-order valence-electron chi connectivity index (χ0n) is 16.3. The summed E-state index contributed by atoms with van der Waals surface area (Å²) in [6.45, 7) is 6.80. The number of rotatable bonds is 7. The Hall–Kier alpha value is -2.71. The largest absolute Gasteiger partial charge is 0.326 e. The van der Waals surface area contributed by atoms with Crippen molar-refractivity contribution >= 4 is 33.2 Å². The van der Waals surface area contributed by atoms with E-state index >= 15 is 0 Å². The van der Waals surface area contributed by atoms with Crippen molar-refractivity contribution in [1.82, 2.24) is 4.72 Å². The molecule has 0 aromatic heterocycles. The van der Waals surface area contributed by atoms with Crippen LogP contribution in [0.4, 0.5) is 11.4 Å². The van der Waals surface area contributed by atoms with E-state index in [0.717, 1.165) is 5.56 Å². The summed E-state index contributed by atoms with van der Waals surface area (Å²) in [5.74, 6) is -0.918. The zero-order chi connectivity index (χ0) is 20.9. The predicted molar refractivity (Wildman–Crippen MR) is 110 cm³/mol. The van der Waals surface area contributed by atoms with Crippen molar-refractivity contribution in [1.29, 1.82) is 0 Å². The second-order valence-corrected chi connectivity index (χ2v) is 8.62. The van der Waals surface area contributed by atoms with E-state index in [1.165, 1.54) is 19.1 Å². The Labute approximate surface area is 165 Å². The number of aryl methyl sites for hydroxylation is 1. The molecule has 2 amide bonds. The van der Waals surface area contributed by atoms with Gasteiger partial charge in [-0.2, -0.15) is 4.72 Å². The van der Waals surface area contributed by atoms with Gasteiger partial charge in [-0.15, -0.1) is 0 Å². The lowest BCUT2D eigenvalue weighted by atomic mass is 10.0. The minimum Gasteiger partial charge on any atom is -0.326 e. The molecule has 0 saturated heterocycles. The molecule has 3 N–H and O–H groups in total. The molecule has 0 saturated carbocycles. The van der Waals surface area contributed by atoms with Crippen molar-refractivity contribution in [2.45, 2.75) is 38.6 Å². The third-order valence-corrected chi connectivity index (χ3v) is 5.49. The van der Waals surface area contributed by atoms with Gasteiger partial charge in [-0.3, -0.25) is 9.59 Å². The third kappa shape index (κ3) is 5.90. The molecule has 2 rings (SSSR count). The molecule has 0 aliphatic rings. The predicted octanol–water partition coefficient (Wildman–Crippen LogP) is 2.90. The van der Waals surface area contributed by atoms with Crippen LogP contribution >= 0.6 is 0 Å². The molecule has 8 heteroatoms. The first kappa shape index (κ1) is 21.6. The van der Waals surface area contributed by atoms with Gasteiger partial charge in [0.2, 0.25) is 21.8 Å². The monoisotopic (exact) mass is 403 g/mol. The van der Waals surface area contributed by atoms with Crippen LogP contribution < -0.4 is 15.4 Å². The number of nitrogens with one attached hydrogen (secondary N) is 3. The third-order valence-electron chi connectivity index (χ3n) is 4.04. The Bertz CT molecular complexity index is 936. The van der Waals surface area contributed by atoms with Crippen LogP contribution in [0.25, 0.3) is 0 Å². The van der Waals surface area contributed by atoms with E-state index in [1.54, 1.807) is 50.2 Å². The number of anilines is 2. The van der Waals surface area contributed by atoms with Crippen molar-refractivity contribution < 1.29 is 18.0 Å². The van der Waals surface area contributed by atoms with Crippen molar-refractivity contribution in [2.24, 2.45) is 5.92 Å². The fourth-order valence-corrected chi connectivity index (χ4v) is 3.85. The van der Waals surface area contributed by atoms with Crippen molar-refractivity contribution in [3.05, 3.63) is 54.1 Å². The molecular weight excluding hydrogens is 378 g/mol. The molecule has 0 aliphatic carbocycles. The van der Waals surface area contributed by atoms with Crippen LogP contribution in [0, 0.1) is 12.8 Å². The molecule has 0 bridgehead atoms. The van der Waals surface area contributed by atoms with Gasteiger partial charge < -0.3 is 10.6 Å². The number of carbonyl (C=O) groups excluding carboxylic acids is 2. The number of sulfonamides is 1. The van der Waals surface area contributed by atoms with Crippen LogP contribution in [0.5, 0.6) is 0 Å². The number of amides is 2. The number of hydrogen-bond donors (Lipinski definition) is 3. The van der Waals surface area contributed by atoms with E-state index in [-0.39, 0.29) is 16.7 Å². The molecule has 150 valence electrons. The first-order valence-corrected chi connectivity index (χ1v) is 10.3. The summed E-state index contributed by atoms with van der Waals surface area (Å²) < 4.78 is 27.8. The molecule has 2 aromatic rings. The maximum Gasteiger partial charge on any atom is 0.242 e. The smallest absolute Gasteiger partial charge is 0.242 e. The van der Waals surface area contributed by atoms with E-state index in [2.05, 4.69) is 15.4 Å². The van der Waals surface area contributed by atoms with Crippen LogP contribution in [0.15, 0.2) is 53.4 Å². The highest BCUT2D eigenvalue weighted by atomic mass is 32.2. The van der Waals surface area contributed by atoms with Gasteiger partial charge >= 0.3 is 0 Å². The highest BCUT2D eigenvalue weighted by molar-refractivity contribution is 7.89. The van der Waals surface area contributed by atoms with E-state index < -0.39 is 22.0 Å². The Morgan fingerprint density at radius 3 is 1.82 bits per heavy atom. The molecule has 0 unspecified atom stereocenters. The molecule has 2 aromatic carbocycles. The second kappa shape index (κ2) is 8.99. The van der Waals surface area contributed by atoms with Gasteiger partial charge in [-0.25, -0.2) is 8.42 Å². The van der Waals surface area contributed by atoms with E-state index in [0.29, 0.717) is 11.4 Å². The summed E-state index contributed by atoms with van der Waals surface area (Å²) in [6, 6.07) is 12.0. The van der Waals surface area contributed by atoms with Gasteiger partial charge in [0.25, 0.3) is 0 Å². The van der Waals surface area contributed by atoms with Gasteiger partial charge in [0.15, 0.2) is 0 Å². The quantitative estimate of drug-likeness (QED) is 0.661. The topological polar surface area (TPSA) is 104 Å². The van der Waals surface area contributed by atoms with Gasteiger partial charge in [-0.1, -0.05) is 31.5 Å². The number of hydrogen-bond acceptors (Lipinski definition) is 4. The molecule has 0 aliphatic heterocycles. The van der Waals surface area contributed by atoms with Gasteiger partial charge in [-0.05, 0) is 49.2 Å². The van der Waals surface area contributed by atoms with E-state index in [9.17, 15) is 18.0 Å². The van der Waals surface area contributed by atoms with Gasteiger partial charge in [0.05, 0.1) is 4.90 Å². The highest BCUT2D eigenvalue weighted by Crippen LogP contribution is 2.17. The Balaban J connectivity index is 2.13. The number of carbonyl (C=O) groups is 2. The van der Waals surface area contributed by atoms with Crippen molar-refractivity contribution in [2.75, 3.05) is 10.6 Å². The summed E-state index contributed by atoms with van der Waals surface area (Å²) in [4.78, 5) is 23.8.